The van der Waals surface area contributed by atoms with E-state index in [2.05, 4.69) is 15.3 Å². The number of amides is 2. The molecule has 1 atom stereocenters. The molecule has 0 fully saturated rings. The summed E-state index contributed by atoms with van der Waals surface area (Å²) in [6, 6.07) is 8.35. The molecule has 0 saturated carbocycles. The van der Waals surface area contributed by atoms with Crippen molar-refractivity contribution in [2.24, 2.45) is 0 Å². The zero-order chi connectivity index (χ0) is 23.7. The molecule has 166 valence electrons. The van der Waals surface area contributed by atoms with Crippen LogP contribution in [0.4, 0.5) is 14.5 Å². The Hall–Kier alpha value is -4.10. The number of anilines is 1. The van der Waals surface area contributed by atoms with Crippen LogP contribution >= 0.6 is 11.6 Å². The summed E-state index contributed by atoms with van der Waals surface area (Å²) in [6.45, 7) is -0.205. The Morgan fingerprint density at radius 2 is 2.09 bits per heavy atom. The lowest BCUT2D eigenvalue weighted by atomic mass is 10.1. The van der Waals surface area contributed by atoms with E-state index in [1.807, 2.05) is 6.07 Å². The molecule has 0 spiro atoms. The Kier molecular flexibility index (Phi) is 5.89. The molecule has 0 saturated heterocycles. The predicted octanol–water partition coefficient (Wildman–Crippen LogP) is 3.10. The van der Waals surface area contributed by atoms with Gasteiger partial charge in [0.1, 0.15) is 30.0 Å². The van der Waals surface area contributed by atoms with Gasteiger partial charge < -0.3 is 15.0 Å². The van der Waals surface area contributed by atoms with Crippen molar-refractivity contribution in [3.8, 4) is 23.1 Å². The highest BCUT2D eigenvalue weighted by Gasteiger charge is 2.31. The molecule has 0 bridgehead atoms. The summed E-state index contributed by atoms with van der Waals surface area (Å²) in [7, 11) is 1.51. The topological polar surface area (TPSA) is 108 Å². The minimum atomic E-state index is -1.09. The number of hydrogen-bond acceptors (Lipinski definition) is 6. The molecule has 1 N–H and O–H groups in total. The molecule has 1 aromatic heterocycles. The van der Waals surface area contributed by atoms with Gasteiger partial charge in [-0.05, 0) is 24.3 Å². The lowest BCUT2D eigenvalue weighted by Gasteiger charge is -2.20. The van der Waals surface area contributed by atoms with Gasteiger partial charge in [0, 0.05) is 24.7 Å². The second kappa shape index (κ2) is 8.80. The van der Waals surface area contributed by atoms with Crippen molar-refractivity contribution in [2.45, 2.75) is 6.04 Å². The fourth-order valence-electron chi connectivity index (χ4n) is 3.25. The van der Waals surface area contributed by atoms with E-state index in [4.69, 9.17) is 21.6 Å². The molecule has 2 aromatic carbocycles. The lowest BCUT2D eigenvalue weighted by Crippen LogP contribution is -2.49. The first-order chi connectivity index (χ1) is 15.8. The van der Waals surface area contributed by atoms with Gasteiger partial charge in [0.15, 0.2) is 0 Å². The van der Waals surface area contributed by atoms with Crippen molar-refractivity contribution in [2.75, 3.05) is 18.6 Å². The molecule has 8 nitrogen and oxygen atoms in total. The fraction of sp³-hybridized carbons (Fsp3) is 0.136. The Labute approximate surface area is 191 Å². The maximum atomic E-state index is 14.2. The van der Waals surface area contributed by atoms with Crippen molar-refractivity contribution >= 4 is 29.1 Å². The first kappa shape index (κ1) is 22.1. The van der Waals surface area contributed by atoms with Gasteiger partial charge in [-0.3, -0.25) is 9.59 Å². The summed E-state index contributed by atoms with van der Waals surface area (Å²) in [5, 5.41) is 11.5. The van der Waals surface area contributed by atoms with Gasteiger partial charge in [0.2, 0.25) is 5.82 Å². The summed E-state index contributed by atoms with van der Waals surface area (Å²) in [6.07, 6.45) is 1.11. The molecule has 4 rings (SSSR count). The normalized spacial score (nSPS) is 15.2. The summed E-state index contributed by atoms with van der Waals surface area (Å²) in [5.41, 5.74) is 0.571. The van der Waals surface area contributed by atoms with Crippen molar-refractivity contribution in [3.63, 3.8) is 0 Å². The van der Waals surface area contributed by atoms with E-state index in [9.17, 15) is 18.4 Å². The molecule has 2 heterocycles. The van der Waals surface area contributed by atoms with Crippen LogP contribution in [0.5, 0.6) is 5.75 Å². The number of nitriles is 1. The molecule has 1 aliphatic rings. The van der Waals surface area contributed by atoms with Crippen LogP contribution in [0.25, 0.3) is 11.3 Å². The number of hydrogen-bond donors (Lipinski definition) is 1. The molecular weight excluding hydrogens is 456 g/mol. The Morgan fingerprint density at radius 1 is 1.30 bits per heavy atom. The quantitative estimate of drug-likeness (QED) is 0.631. The first-order valence-electron chi connectivity index (χ1n) is 9.52. The smallest absolute Gasteiger partial charge is 0.289 e. The van der Waals surface area contributed by atoms with Crippen LogP contribution in [-0.4, -0.2) is 41.5 Å². The second-order valence-corrected chi connectivity index (χ2v) is 7.45. The highest BCUT2D eigenvalue weighted by atomic mass is 35.5. The molecule has 1 aliphatic heterocycles. The molecule has 0 aliphatic carbocycles. The maximum Gasteiger partial charge on any atom is 0.289 e. The molecule has 3 aromatic rings. The summed E-state index contributed by atoms with van der Waals surface area (Å²) >= 11 is 6.06. The third-order valence-electron chi connectivity index (χ3n) is 4.92. The van der Waals surface area contributed by atoms with Gasteiger partial charge in [-0.1, -0.05) is 11.6 Å². The van der Waals surface area contributed by atoms with Crippen LogP contribution in [-0.2, 0) is 4.79 Å². The molecular formula is C22H14ClF2N5O3. The lowest BCUT2D eigenvalue weighted by molar-refractivity contribution is -0.120. The monoisotopic (exact) mass is 469 g/mol. The number of benzene rings is 2. The van der Waals surface area contributed by atoms with E-state index in [0.717, 1.165) is 18.3 Å². The number of fused-ring (bicyclic) bond motifs is 1. The number of halogens is 3. The first-order valence-corrected chi connectivity index (χ1v) is 9.89. The summed E-state index contributed by atoms with van der Waals surface area (Å²) in [5.74, 6) is -3.04. The van der Waals surface area contributed by atoms with Gasteiger partial charge in [-0.25, -0.2) is 18.7 Å². The van der Waals surface area contributed by atoms with E-state index >= 15 is 0 Å². The number of carbonyl (C=O) groups excluding carboxylic acids is 2. The molecule has 0 radical (unpaired) electrons. The Morgan fingerprint density at radius 3 is 2.82 bits per heavy atom. The van der Waals surface area contributed by atoms with Crippen LogP contribution in [0.3, 0.4) is 0 Å². The number of likely N-dealkylation sites (N-methyl/N-ethyl adjacent to an activating group) is 1. The largest absolute Gasteiger partial charge is 0.489 e. The highest BCUT2D eigenvalue weighted by molar-refractivity contribution is 6.33. The van der Waals surface area contributed by atoms with E-state index in [-0.39, 0.29) is 28.7 Å². The average molecular weight is 470 g/mol. The standard InChI is InChI=1S/C22H14ClF2N5O3/c1-30-17-5-2-11(8-26)6-18(17)33-10-16(22(30)32)28-21(31)20-27-9-14(23)19(29-20)13-4-3-12(24)7-15(13)25/h2-7,9,16H,10H2,1H3,(H,28,31)/t16-/m0/s1. The summed E-state index contributed by atoms with van der Waals surface area (Å²) < 4.78 is 33.1. The van der Waals surface area contributed by atoms with Crippen molar-refractivity contribution in [1.82, 2.24) is 15.3 Å². The average Bonchev–Trinajstić information content (AvgIpc) is 2.91. The zero-order valence-corrected chi connectivity index (χ0v) is 17.7. The van der Waals surface area contributed by atoms with E-state index in [0.29, 0.717) is 23.1 Å². The molecule has 11 heteroatoms. The van der Waals surface area contributed by atoms with Crippen LogP contribution in [0.1, 0.15) is 16.2 Å². The van der Waals surface area contributed by atoms with Gasteiger partial charge in [-0.15, -0.1) is 0 Å². The maximum absolute atomic E-state index is 14.2. The third-order valence-corrected chi connectivity index (χ3v) is 5.20. The number of ether oxygens (including phenoxy) is 1. The van der Waals surface area contributed by atoms with E-state index in [1.165, 1.54) is 18.0 Å². The van der Waals surface area contributed by atoms with Crippen LogP contribution in [0.15, 0.2) is 42.6 Å². The van der Waals surface area contributed by atoms with Crippen LogP contribution in [0.2, 0.25) is 5.02 Å². The Bertz CT molecular complexity index is 1330. The van der Waals surface area contributed by atoms with Gasteiger partial charge in [0.25, 0.3) is 11.8 Å². The number of nitrogens with one attached hydrogen (secondary N) is 1. The summed E-state index contributed by atoms with van der Waals surface area (Å²) in [4.78, 5) is 34.8. The minimum absolute atomic E-state index is 0.0468. The van der Waals surface area contributed by atoms with Crippen molar-refractivity contribution in [3.05, 3.63) is 70.6 Å². The van der Waals surface area contributed by atoms with Crippen molar-refractivity contribution in [1.29, 1.82) is 5.26 Å². The van der Waals surface area contributed by atoms with E-state index < -0.39 is 29.5 Å². The molecule has 33 heavy (non-hydrogen) atoms. The van der Waals surface area contributed by atoms with Crippen LogP contribution in [0, 0.1) is 23.0 Å². The zero-order valence-electron chi connectivity index (χ0n) is 17.0. The minimum Gasteiger partial charge on any atom is -0.489 e. The van der Waals surface area contributed by atoms with Gasteiger partial charge in [-0.2, -0.15) is 5.26 Å². The second-order valence-electron chi connectivity index (χ2n) is 7.04. The van der Waals surface area contributed by atoms with Crippen LogP contribution < -0.4 is 15.0 Å². The van der Waals surface area contributed by atoms with Gasteiger partial charge >= 0.3 is 0 Å². The number of nitrogens with zero attached hydrogens (tertiary/aromatic N) is 4. The highest BCUT2D eigenvalue weighted by Crippen LogP contribution is 2.32. The molecule has 0 unspecified atom stereocenters. The predicted molar refractivity (Wildman–Crippen MR) is 114 cm³/mol. The Balaban J connectivity index is 1.58. The van der Waals surface area contributed by atoms with Gasteiger partial charge in [0.05, 0.1) is 34.2 Å². The number of aromatic nitrogens is 2. The fourth-order valence-corrected chi connectivity index (χ4v) is 3.44. The number of rotatable bonds is 3. The van der Waals surface area contributed by atoms with Crippen molar-refractivity contribution < 1.29 is 23.1 Å². The third kappa shape index (κ3) is 4.31. The SMILES string of the molecule is CN1C(=O)[C@@H](NC(=O)c2ncc(Cl)c(-c3ccc(F)cc3F)n2)COc2cc(C#N)ccc21. The molecule has 2 amide bonds. The number of carbonyl (C=O) groups is 2. The van der Waals surface area contributed by atoms with E-state index in [1.54, 1.807) is 12.1 Å².